The van der Waals surface area contributed by atoms with Gasteiger partial charge in [-0.2, -0.15) is 0 Å². The molecule has 0 radical (unpaired) electrons. The predicted octanol–water partition coefficient (Wildman–Crippen LogP) is 3.25. The van der Waals surface area contributed by atoms with Gasteiger partial charge in [-0.15, -0.1) is 0 Å². The van der Waals surface area contributed by atoms with Gasteiger partial charge in [0.15, 0.2) is 0 Å². The van der Waals surface area contributed by atoms with Crippen molar-refractivity contribution in [3.05, 3.63) is 59.2 Å². The van der Waals surface area contributed by atoms with Gasteiger partial charge in [0, 0.05) is 6.04 Å². The molecule has 0 amide bonds. The van der Waals surface area contributed by atoms with Gasteiger partial charge in [-0.3, -0.25) is 0 Å². The van der Waals surface area contributed by atoms with Gasteiger partial charge in [0.1, 0.15) is 11.5 Å². The van der Waals surface area contributed by atoms with Crippen LogP contribution in [-0.4, -0.2) is 14.2 Å². The fourth-order valence-corrected chi connectivity index (χ4v) is 2.32. The van der Waals surface area contributed by atoms with E-state index in [9.17, 15) is 0 Å². The Balaban J connectivity index is 2.12. The van der Waals surface area contributed by atoms with Crippen molar-refractivity contribution < 1.29 is 9.47 Å². The van der Waals surface area contributed by atoms with E-state index >= 15 is 0 Å². The summed E-state index contributed by atoms with van der Waals surface area (Å²) in [6, 6.07) is 14.0. The van der Waals surface area contributed by atoms with Crippen molar-refractivity contribution in [1.29, 1.82) is 0 Å². The molecule has 0 aliphatic carbocycles. The monoisotopic (exact) mass is 271 g/mol. The molecule has 106 valence electrons. The summed E-state index contributed by atoms with van der Waals surface area (Å²) in [7, 11) is 3.34. The summed E-state index contributed by atoms with van der Waals surface area (Å²) in [5.41, 5.74) is 9.83. The summed E-state index contributed by atoms with van der Waals surface area (Å²) >= 11 is 0. The second kappa shape index (κ2) is 6.44. The quantitative estimate of drug-likeness (QED) is 0.908. The van der Waals surface area contributed by atoms with E-state index in [-0.39, 0.29) is 6.04 Å². The Labute approximate surface area is 120 Å². The Morgan fingerprint density at radius 3 is 2.10 bits per heavy atom. The minimum Gasteiger partial charge on any atom is -0.497 e. The van der Waals surface area contributed by atoms with E-state index in [1.165, 1.54) is 5.56 Å². The molecule has 20 heavy (non-hydrogen) atoms. The molecule has 1 unspecified atom stereocenters. The molecule has 0 bridgehead atoms. The minimum atomic E-state index is -0.0192. The number of benzene rings is 2. The zero-order valence-electron chi connectivity index (χ0n) is 12.2. The van der Waals surface area contributed by atoms with E-state index in [2.05, 4.69) is 19.1 Å². The maximum Gasteiger partial charge on any atom is 0.119 e. The van der Waals surface area contributed by atoms with Crippen LogP contribution < -0.4 is 15.2 Å². The van der Waals surface area contributed by atoms with E-state index < -0.39 is 0 Å². The predicted molar refractivity (Wildman–Crippen MR) is 81.4 cm³/mol. The molecule has 3 nitrogen and oxygen atoms in total. The summed E-state index contributed by atoms with van der Waals surface area (Å²) in [6.45, 7) is 2.06. The fourth-order valence-electron chi connectivity index (χ4n) is 2.32. The van der Waals surface area contributed by atoms with Gasteiger partial charge in [0.2, 0.25) is 0 Å². The number of nitrogens with two attached hydrogens (primary N) is 1. The SMILES string of the molecule is COc1ccc(CC(N)c2ccc(OC)cc2C)cc1. The molecule has 0 aliphatic rings. The van der Waals surface area contributed by atoms with Gasteiger partial charge in [-0.25, -0.2) is 0 Å². The second-order valence-electron chi connectivity index (χ2n) is 4.88. The third kappa shape index (κ3) is 3.31. The van der Waals surface area contributed by atoms with Crippen molar-refractivity contribution in [2.24, 2.45) is 5.73 Å². The Morgan fingerprint density at radius 2 is 1.55 bits per heavy atom. The lowest BCUT2D eigenvalue weighted by Crippen LogP contribution is -2.14. The first-order chi connectivity index (χ1) is 9.63. The third-order valence-corrected chi connectivity index (χ3v) is 3.49. The van der Waals surface area contributed by atoms with Gasteiger partial charge in [0.05, 0.1) is 14.2 Å². The molecule has 2 rings (SSSR count). The smallest absolute Gasteiger partial charge is 0.119 e. The van der Waals surface area contributed by atoms with Crippen LogP contribution in [0.2, 0.25) is 0 Å². The molecule has 2 aromatic carbocycles. The zero-order chi connectivity index (χ0) is 14.5. The zero-order valence-corrected chi connectivity index (χ0v) is 12.2. The van der Waals surface area contributed by atoms with Crippen molar-refractivity contribution in [2.75, 3.05) is 14.2 Å². The molecule has 2 N–H and O–H groups in total. The molecule has 0 saturated heterocycles. The number of hydrogen-bond donors (Lipinski definition) is 1. The summed E-state index contributed by atoms with van der Waals surface area (Å²) in [5, 5.41) is 0. The van der Waals surface area contributed by atoms with Gasteiger partial charge < -0.3 is 15.2 Å². The first-order valence-corrected chi connectivity index (χ1v) is 6.67. The highest BCUT2D eigenvalue weighted by atomic mass is 16.5. The van der Waals surface area contributed by atoms with Crippen molar-refractivity contribution >= 4 is 0 Å². The highest BCUT2D eigenvalue weighted by Crippen LogP contribution is 2.24. The molecule has 0 heterocycles. The lowest BCUT2D eigenvalue weighted by atomic mass is 9.96. The highest BCUT2D eigenvalue weighted by Gasteiger charge is 2.10. The first-order valence-electron chi connectivity index (χ1n) is 6.67. The van der Waals surface area contributed by atoms with Gasteiger partial charge in [0.25, 0.3) is 0 Å². The van der Waals surface area contributed by atoms with Crippen molar-refractivity contribution in [3.63, 3.8) is 0 Å². The summed E-state index contributed by atoms with van der Waals surface area (Å²) in [5.74, 6) is 1.73. The molecule has 1 atom stereocenters. The number of methoxy groups -OCH3 is 2. The van der Waals surface area contributed by atoms with Gasteiger partial charge in [-0.05, 0) is 54.3 Å². The summed E-state index contributed by atoms with van der Waals surface area (Å²) < 4.78 is 10.4. The molecule has 0 spiro atoms. The van der Waals surface area contributed by atoms with E-state index in [1.54, 1.807) is 14.2 Å². The largest absolute Gasteiger partial charge is 0.497 e. The molecule has 0 aliphatic heterocycles. The molecule has 0 saturated carbocycles. The Kier molecular flexibility index (Phi) is 4.64. The second-order valence-corrected chi connectivity index (χ2v) is 4.88. The normalized spacial score (nSPS) is 12.0. The molecular weight excluding hydrogens is 250 g/mol. The number of rotatable bonds is 5. The molecule has 2 aromatic rings. The summed E-state index contributed by atoms with van der Waals surface area (Å²) in [4.78, 5) is 0. The first kappa shape index (κ1) is 14.4. The Hall–Kier alpha value is -2.00. The Morgan fingerprint density at radius 1 is 0.950 bits per heavy atom. The van der Waals surface area contributed by atoms with Crippen LogP contribution in [0.3, 0.4) is 0 Å². The number of aryl methyl sites for hydroxylation is 1. The number of hydrogen-bond acceptors (Lipinski definition) is 3. The van der Waals surface area contributed by atoms with E-state index in [4.69, 9.17) is 15.2 Å². The van der Waals surface area contributed by atoms with Crippen LogP contribution in [0.15, 0.2) is 42.5 Å². The van der Waals surface area contributed by atoms with E-state index in [0.717, 1.165) is 29.0 Å². The van der Waals surface area contributed by atoms with Crippen LogP contribution in [0.5, 0.6) is 11.5 Å². The van der Waals surface area contributed by atoms with Crippen LogP contribution in [0.25, 0.3) is 0 Å². The average Bonchev–Trinajstić information content (AvgIpc) is 2.47. The Bertz CT molecular complexity index is 564. The van der Waals surface area contributed by atoms with Crippen molar-refractivity contribution in [3.8, 4) is 11.5 Å². The topological polar surface area (TPSA) is 44.5 Å². The van der Waals surface area contributed by atoms with Gasteiger partial charge in [-0.1, -0.05) is 18.2 Å². The fraction of sp³-hybridized carbons (Fsp3) is 0.294. The molecule has 0 fully saturated rings. The maximum atomic E-state index is 6.32. The van der Waals surface area contributed by atoms with E-state index in [1.807, 2.05) is 30.3 Å². The standard InChI is InChI=1S/C17H21NO2/c1-12-10-15(20-3)8-9-16(12)17(18)11-13-4-6-14(19-2)7-5-13/h4-10,17H,11,18H2,1-3H3. The average molecular weight is 271 g/mol. The van der Waals surface area contributed by atoms with Crippen LogP contribution in [0.1, 0.15) is 22.7 Å². The lowest BCUT2D eigenvalue weighted by molar-refractivity contribution is 0.414. The summed E-state index contributed by atoms with van der Waals surface area (Å²) in [6.07, 6.45) is 0.803. The molecule has 0 aromatic heterocycles. The highest BCUT2D eigenvalue weighted by molar-refractivity contribution is 5.37. The minimum absolute atomic E-state index is 0.0192. The van der Waals surface area contributed by atoms with Crippen molar-refractivity contribution in [2.45, 2.75) is 19.4 Å². The van der Waals surface area contributed by atoms with E-state index in [0.29, 0.717) is 0 Å². The number of ether oxygens (including phenoxy) is 2. The third-order valence-electron chi connectivity index (χ3n) is 3.49. The van der Waals surface area contributed by atoms with Crippen LogP contribution in [0, 0.1) is 6.92 Å². The van der Waals surface area contributed by atoms with Crippen LogP contribution in [0.4, 0.5) is 0 Å². The van der Waals surface area contributed by atoms with Gasteiger partial charge >= 0.3 is 0 Å². The molecule has 3 heteroatoms. The maximum absolute atomic E-state index is 6.32. The molecular formula is C17H21NO2. The van der Waals surface area contributed by atoms with Crippen LogP contribution in [-0.2, 0) is 6.42 Å². The van der Waals surface area contributed by atoms with Crippen LogP contribution >= 0.6 is 0 Å². The lowest BCUT2D eigenvalue weighted by Gasteiger charge is -2.16. The van der Waals surface area contributed by atoms with Crippen molar-refractivity contribution in [1.82, 2.24) is 0 Å².